The van der Waals surface area contributed by atoms with E-state index >= 15 is 0 Å². The van der Waals surface area contributed by atoms with Crippen LogP contribution in [0.3, 0.4) is 0 Å². The molecule has 1 heterocycles. The molecule has 5 rings (SSSR count). The van der Waals surface area contributed by atoms with Crippen molar-refractivity contribution in [2.24, 2.45) is 17.8 Å². The molecule has 2 aromatic carbocycles. The summed E-state index contributed by atoms with van der Waals surface area (Å²) in [7, 11) is -2.10. The topological polar surface area (TPSA) is 77.9 Å². The molecule has 6 nitrogen and oxygen atoms in total. The second-order valence-corrected chi connectivity index (χ2v) is 10.3. The van der Waals surface area contributed by atoms with Crippen LogP contribution in [-0.2, 0) is 10.0 Å². The maximum atomic E-state index is 13.4. The van der Waals surface area contributed by atoms with Gasteiger partial charge in [0.1, 0.15) is 0 Å². The van der Waals surface area contributed by atoms with E-state index in [0.29, 0.717) is 18.0 Å². The van der Waals surface area contributed by atoms with Gasteiger partial charge < -0.3 is 10.0 Å². The minimum absolute atomic E-state index is 0.113. The van der Waals surface area contributed by atoms with E-state index in [0.717, 1.165) is 18.5 Å². The minimum atomic E-state index is -3.78. The minimum Gasteiger partial charge on any atom is -0.391 e. The van der Waals surface area contributed by atoms with Crippen LogP contribution in [0, 0.1) is 17.8 Å². The Kier molecular flexibility index (Phi) is 4.31. The highest BCUT2D eigenvalue weighted by atomic mass is 32.2. The summed E-state index contributed by atoms with van der Waals surface area (Å²) in [6.07, 6.45) is 1.25. The lowest BCUT2D eigenvalue weighted by atomic mass is 9.88. The van der Waals surface area contributed by atoms with E-state index in [-0.39, 0.29) is 28.7 Å². The highest BCUT2D eigenvalue weighted by Gasteiger charge is 2.61. The molecule has 29 heavy (non-hydrogen) atoms. The fourth-order valence-corrected chi connectivity index (χ4v) is 7.31. The predicted octanol–water partition coefficient (Wildman–Crippen LogP) is 2.35. The van der Waals surface area contributed by atoms with Gasteiger partial charge in [-0.2, -0.15) is 4.31 Å². The number of carbonyl (C=O) groups excluding carboxylic acids is 1. The number of hydrogen-bond donors (Lipinski definition) is 1. The Morgan fingerprint density at radius 2 is 1.83 bits per heavy atom. The van der Waals surface area contributed by atoms with Crippen LogP contribution in [0.2, 0.25) is 0 Å². The first-order valence-corrected chi connectivity index (χ1v) is 11.4. The monoisotopic (exact) mass is 412 g/mol. The summed E-state index contributed by atoms with van der Waals surface area (Å²) >= 11 is 0. The van der Waals surface area contributed by atoms with Crippen molar-refractivity contribution < 1.29 is 18.3 Å². The lowest BCUT2D eigenvalue weighted by Crippen LogP contribution is -2.43. The zero-order valence-electron chi connectivity index (χ0n) is 16.2. The van der Waals surface area contributed by atoms with Gasteiger partial charge >= 0.3 is 0 Å². The fraction of sp³-hybridized carbons (Fsp3) is 0.409. The van der Waals surface area contributed by atoms with E-state index < -0.39 is 16.1 Å². The second-order valence-electron chi connectivity index (χ2n) is 8.44. The lowest BCUT2D eigenvalue weighted by molar-refractivity contribution is 0.0731. The first kappa shape index (κ1) is 18.8. The van der Waals surface area contributed by atoms with Gasteiger partial charge in [0.05, 0.1) is 17.0 Å². The SMILES string of the molecule is CN(C(=O)c1cccc(S(=O)(=O)N2C[C@@H]3C[C@H]4C[C@H]3[C@@H]2[C@H]4O)c1)c1ccccc1. The molecule has 1 aliphatic heterocycles. The van der Waals surface area contributed by atoms with Gasteiger partial charge in [-0.15, -0.1) is 0 Å². The van der Waals surface area contributed by atoms with Crippen molar-refractivity contribution in [3.63, 3.8) is 0 Å². The van der Waals surface area contributed by atoms with Gasteiger partial charge in [-0.25, -0.2) is 8.42 Å². The van der Waals surface area contributed by atoms with Crippen LogP contribution in [-0.4, -0.2) is 49.5 Å². The number of benzene rings is 2. The Hall–Kier alpha value is -2.22. The molecule has 0 radical (unpaired) electrons. The number of anilines is 1. The van der Waals surface area contributed by atoms with Crippen LogP contribution in [0.25, 0.3) is 0 Å². The van der Waals surface area contributed by atoms with Crippen molar-refractivity contribution in [2.75, 3.05) is 18.5 Å². The van der Waals surface area contributed by atoms with Crippen molar-refractivity contribution in [1.29, 1.82) is 0 Å². The molecule has 1 amide bonds. The maximum Gasteiger partial charge on any atom is 0.258 e. The van der Waals surface area contributed by atoms with Crippen LogP contribution in [0.15, 0.2) is 59.5 Å². The van der Waals surface area contributed by atoms with Crippen LogP contribution < -0.4 is 4.90 Å². The van der Waals surface area contributed by atoms with Crippen molar-refractivity contribution >= 4 is 21.6 Å². The number of hydrogen-bond acceptors (Lipinski definition) is 4. The predicted molar refractivity (Wildman–Crippen MR) is 109 cm³/mol. The number of fused-ring (bicyclic) bond motifs is 1. The van der Waals surface area contributed by atoms with Gasteiger partial charge in [0.15, 0.2) is 0 Å². The standard InChI is InChI=1S/C22H24N2O4S/c1-23(17-7-3-2-4-8-17)22(26)14-6-5-9-18(11-14)29(27,28)24-13-16-10-15-12-19(16)20(24)21(15)25/h2-9,11,15-16,19-21,25H,10,12-13H2,1H3/t15-,16-,19+,20+,21-/m0/s1. The van der Waals surface area contributed by atoms with E-state index in [2.05, 4.69) is 0 Å². The highest BCUT2D eigenvalue weighted by Crippen LogP contribution is 2.56. The van der Waals surface area contributed by atoms with Crippen LogP contribution in [0.4, 0.5) is 5.69 Å². The average Bonchev–Trinajstić information content (AvgIpc) is 3.37. The molecule has 1 N–H and O–H groups in total. The summed E-state index contributed by atoms with van der Waals surface area (Å²) in [4.78, 5) is 14.5. The molecule has 3 aliphatic rings. The molecular formula is C22H24N2O4S. The summed E-state index contributed by atoms with van der Waals surface area (Å²) in [5.74, 6) is 0.564. The fourth-order valence-electron chi connectivity index (χ4n) is 5.52. The Morgan fingerprint density at radius 3 is 2.55 bits per heavy atom. The van der Waals surface area contributed by atoms with Gasteiger partial charge in [0.25, 0.3) is 5.91 Å². The molecule has 2 aliphatic carbocycles. The lowest BCUT2D eigenvalue weighted by Gasteiger charge is -2.28. The molecule has 1 saturated heterocycles. The molecule has 0 aromatic heterocycles. The van der Waals surface area contributed by atoms with Crippen molar-refractivity contribution in [2.45, 2.75) is 29.9 Å². The van der Waals surface area contributed by atoms with Crippen LogP contribution in [0.5, 0.6) is 0 Å². The number of carbonyl (C=O) groups is 1. The summed E-state index contributed by atoms with van der Waals surface area (Å²) in [5, 5.41) is 10.6. The third-order valence-corrected chi connectivity index (χ3v) is 8.80. The first-order chi connectivity index (χ1) is 13.9. The maximum absolute atomic E-state index is 13.4. The second kappa shape index (κ2) is 6.65. The summed E-state index contributed by atoms with van der Waals surface area (Å²) in [5.41, 5.74) is 1.06. The number of para-hydroxylation sites is 1. The van der Waals surface area contributed by atoms with Gasteiger partial charge in [-0.1, -0.05) is 24.3 Å². The Bertz CT molecular complexity index is 1050. The Morgan fingerprint density at radius 1 is 1.07 bits per heavy atom. The smallest absolute Gasteiger partial charge is 0.258 e. The Labute approximate surface area is 170 Å². The third-order valence-electron chi connectivity index (χ3n) is 6.94. The van der Waals surface area contributed by atoms with E-state index in [9.17, 15) is 18.3 Å². The van der Waals surface area contributed by atoms with Crippen molar-refractivity contribution in [3.05, 3.63) is 60.2 Å². The number of aliphatic hydroxyl groups is 1. The largest absolute Gasteiger partial charge is 0.391 e. The zero-order valence-corrected chi connectivity index (χ0v) is 17.0. The zero-order chi connectivity index (χ0) is 20.3. The number of sulfonamides is 1. The third kappa shape index (κ3) is 2.83. The molecule has 2 aromatic rings. The molecule has 2 bridgehead atoms. The van der Waals surface area contributed by atoms with Gasteiger partial charge in [-0.3, -0.25) is 4.79 Å². The molecule has 2 saturated carbocycles. The number of amides is 1. The molecule has 0 unspecified atom stereocenters. The quantitative estimate of drug-likeness (QED) is 0.836. The average molecular weight is 413 g/mol. The normalized spacial score (nSPS) is 30.6. The van der Waals surface area contributed by atoms with E-state index in [1.807, 2.05) is 30.3 Å². The van der Waals surface area contributed by atoms with E-state index in [4.69, 9.17) is 0 Å². The molecule has 0 spiro atoms. The summed E-state index contributed by atoms with van der Waals surface area (Å²) in [6.45, 7) is 0.466. The van der Waals surface area contributed by atoms with Crippen molar-refractivity contribution in [1.82, 2.24) is 4.31 Å². The highest BCUT2D eigenvalue weighted by molar-refractivity contribution is 7.89. The van der Waals surface area contributed by atoms with Gasteiger partial charge in [-0.05, 0) is 60.9 Å². The van der Waals surface area contributed by atoms with Gasteiger partial charge in [0.2, 0.25) is 10.0 Å². The number of rotatable bonds is 4. The van der Waals surface area contributed by atoms with Gasteiger partial charge in [0, 0.05) is 24.8 Å². The summed E-state index contributed by atoms with van der Waals surface area (Å²) < 4.78 is 28.3. The van der Waals surface area contributed by atoms with Crippen molar-refractivity contribution in [3.8, 4) is 0 Å². The van der Waals surface area contributed by atoms with Crippen LogP contribution >= 0.6 is 0 Å². The molecule has 152 valence electrons. The number of aliphatic hydroxyl groups excluding tert-OH is 1. The molecule has 5 atom stereocenters. The molecule has 3 fully saturated rings. The van der Waals surface area contributed by atoms with Crippen LogP contribution in [0.1, 0.15) is 23.2 Å². The van der Waals surface area contributed by atoms with E-state index in [1.54, 1.807) is 19.2 Å². The number of nitrogens with zero attached hydrogens (tertiary/aromatic N) is 2. The Balaban J connectivity index is 1.44. The molecule has 7 heteroatoms. The molecular weight excluding hydrogens is 388 g/mol. The van der Waals surface area contributed by atoms with E-state index in [1.165, 1.54) is 21.3 Å². The first-order valence-electron chi connectivity index (χ1n) is 10.0. The summed E-state index contributed by atoms with van der Waals surface area (Å²) in [6, 6.07) is 15.1.